The van der Waals surface area contributed by atoms with E-state index in [1.807, 2.05) is 19.1 Å². The zero-order valence-corrected chi connectivity index (χ0v) is 23.4. The summed E-state index contributed by atoms with van der Waals surface area (Å²) < 4.78 is 35.2. The van der Waals surface area contributed by atoms with Gasteiger partial charge in [-0.25, -0.2) is 13.4 Å². The number of thiazole rings is 1. The minimum Gasteiger partial charge on any atom is -0.376 e. The van der Waals surface area contributed by atoms with Crippen molar-refractivity contribution in [3.8, 4) is 0 Å². The number of rotatable bonds is 7. The average Bonchev–Trinajstić information content (AvgIpc) is 3.56. The van der Waals surface area contributed by atoms with Crippen molar-refractivity contribution in [2.45, 2.75) is 63.4 Å². The van der Waals surface area contributed by atoms with E-state index in [0.717, 1.165) is 34.2 Å². The van der Waals surface area contributed by atoms with Gasteiger partial charge < -0.3 is 4.74 Å². The molecule has 2 saturated heterocycles. The number of sulfonamides is 1. The van der Waals surface area contributed by atoms with Crippen LogP contribution in [0.15, 0.2) is 47.4 Å². The van der Waals surface area contributed by atoms with E-state index in [-0.39, 0.29) is 23.5 Å². The monoisotopic (exact) mass is 541 g/mol. The van der Waals surface area contributed by atoms with Gasteiger partial charge in [0, 0.05) is 19.7 Å². The summed E-state index contributed by atoms with van der Waals surface area (Å²) >= 11 is 1.52. The molecule has 2 aromatic carbocycles. The van der Waals surface area contributed by atoms with Gasteiger partial charge in [-0.2, -0.15) is 4.31 Å². The zero-order chi connectivity index (χ0) is 26.2. The maximum Gasteiger partial charge on any atom is 0.243 e. The number of carbonyl (C=O) groups is 1. The third-order valence-electron chi connectivity index (χ3n) is 7.36. The molecule has 1 amide bonds. The highest BCUT2D eigenvalue weighted by molar-refractivity contribution is 7.89. The molecule has 0 radical (unpaired) electrons. The van der Waals surface area contributed by atoms with Crippen molar-refractivity contribution in [2.75, 3.05) is 31.1 Å². The molecule has 9 heteroatoms. The van der Waals surface area contributed by atoms with Crippen LogP contribution in [0.3, 0.4) is 0 Å². The molecule has 0 bridgehead atoms. The number of anilines is 1. The molecule has 198 valence electrons. The maximum absolute atomic E-state index is 14.1. The van der Waals surface area contributed by atoms with E-state index >= 15 is 0 Å². The molecule has 2 unspecified atom stereocenters. The normalized spacial score (nSPS) is 21.1. The number of benzene rings is 2. The van der Waals surface area contributed by atoms with Crippen LogP contribution in [-0.4, -0.2) is 56.0 Å². The number of piperidine rings is 1. The SMILES string of the molecule is Cc1ccc(S(=O)(=O)N2CCCC(C(=O)N(CC3CCCO3)c3nc4c(C(C)C)cccc4s3)C2)cc1. The van der Waals surface area contributed by atoms with Crippen molar-refractivity contribution in [2.24, 2.45) is 5.92 Å². The summed E-state index contributed by atoms with van der Waals surface area (Å²) in [5, 5.41) is 0.669. The highest BCUT2D eigenvalue weighted by atomic mass is 32.2. The van der Waals surface area contributed by atoms with Gasteiger partial charge in [0.05, 0.1) is 33.7 Å². The van der Waals surface area contributed by atoms with Gasteiger partial charge in [-0.3, -0.25) is 9.69 Å². The van der Waals surface area contributed by atoms with Gasteiger partial charge in [-0.15, -0.1) is 0 Å². The lowest BCUT2D eigenvalue weighted by Gasteiger charge is -2.34. The van der Waals surface area contributed by atoms with E-state index in [4.69, 9.17) is 9.72 Å². The van der Waals surface area contributed by atoms with Gasteiger partial charge in [0.1, 0.15) is 0 Å². The van der Waals surface area contributed by atoms with Crippen LogP contribution in [0.2, 0.25) is 0 Å². The van der Waals surface area contributed by atoms with Crippen molar-refractivity contribution >= 4 is 42.6 Å². The third kappa shape index (κ3) is 5.46. The number of nitrogens with zero attached hydrogens (tertiary/aromatic N) is 3. The van der Waals surface area contributed by atoms with Gasteiger partial charge in [-0.05, 0) is 62.3 Å². The van der Waals surface area contributed by atoms with E-state index in [9.17, 15) is 13.2 Å². The molecule has 2 fully saturated rings. The lowest BCUT2D eigenvalue weighted by Crippen LogP contribution is -2.48. The van der Waals surface area contributed by atoms with Gasteiger partial charge in [0.25, 0.3) is 0 Å². The van der Waals surface area contributed by atoms with Crippen LogP contribution in [-0.2, 0) is 19.6 Å². The van der Waals surface area contributed by atoms with Crippen molar-refractivity contribution in [3.63, 3.8) is 0 Å². The van der Waals surface area contributed by atoms with Gasteiger partial charge in [0.15, 0.2) is 5.13 Å². The fourth-order valence-electron chi connectivity index (χ4n) is 5.24. The molecule has 1 aromatic heterocycles. The molecule has 2 atom stereocenters. The van der Waals surface area contributed by atoms with Gasteiger partial charge in [0.2, 0.25) is 15.9 Å². The molecular weight excluding hydrogens is 506 g/mol. The predicted molar refractivity (Wildman–Crippen MR) is 148 cm³/mol. The van der Waals surface area contributed by atoms with Gasteiger partial charge in [-0.1, -0.05) is 55.0 Å². The Hall–Kier alpha value is -2.33. The summed E-state index contributed by atoms with van der Waals surface area (Å²) in [7, 11) is -3.67. The van der Waals surface area contributed by atoms with Gasteiger partial charge >= 0.3 is 0 Å². The number of hydrogen-bond acceptors (Lipinski definition) is 6. The van der Waals surface area contributed by atoms with Crippen molar-refractivity contribution in [1.82, 2.24) is 9.29 Å². The number of fused-ring (bicyclic) bond motifs is 1. The lowest BCUT2D eigenvalue weighted by atomic mass is 9.98. The summed E-state index contributed by atoms with van der Waals surface area (Å²) in [4.78, 5) is 21.1. The van der Waals surface area contributed by atoms with E-state index < -0.39 is 15.9 Å². The second-order valence-corrected chi connectivity index (χ2v) is 13.4. The topological polar surface area (TPSA) is 79.8 Å². The molecule has 0 saturated carbocycles. The van der Waals surface area contributed by atoms with E-state index in [2.05, 4.69) is 19.9 Å². The first kappa shape index (κ1) is 26.3. The standard InChI is InChI=1S/C28H35N3O4S2/c1-19(2)24-9-4-10-25-26(24)29-28(36-25)31(18-22-8-6-16-35-22)27(32)21-7-5-15-30(17-21)37(33,34)23-13-11-20(3)12-14-23/h4,9-14,19,21-22H,5-8,15-18H2,1-3H3. The summed E-state index contributed by atoms with van der Waals surface area (Å²) in [6, 6.07) is 13.1. The first-order chi connectivity index (χ1) is 17.7. The highest BCUT2D eigenvalue weighted by Crippen LogP contribution is 2.36. The predicted octanol–water partition coefficient (Wildman–Crippen LogP) is 5.34. The van der Waals surface area contributed by atoms with Crippen LogP contribution in [0.4, 0.5) is 5.13 Å². The Kier molecular flexibility index (Phi) is 7.68. The molecule has 7 nitrogen and oxygen atoms in total. The molecule has 0 spiro atoms. The fourth-order valence-corrected chi connectivity index (χ4v) is 7.77. The number of ether oxygens (including phenoxy) is 1. The van der Waals surface area contributed by atoms with Crippen molar-refractivity contribution in [3.05, 3.63) is 53.6 Å². The Bertz CT molecular complexity index is 1360. The number of para-hydroxylation sites is 1. The molecule has 2 aliphatic rings. The molecule has 3 heterocycles. The fraction of sp³-hybridized carbons (Fsp3) is 0.500. The second kappa shape index (κ2) is 10.8. The first-order valence-corrected chi connectivity index (χ1v) is 15.4. The average molecular weight is 542 g/mol. The molecule has 2 aliphatic heterocycles. The smallest absolute Gasteiger partial charge is 0.243 e. The number of aromatic nitrogens is 1. The van der Waals surface area contributed by atoms with E-state index in [0.29, 0.717) is 43.6 Å². The Morgan fingerprint density at radius 2 is 1.95 bits per heavy atom. The number of aryl methyl sites for hydroxylation is 1. The highest BCUT2D eigenvalue weighted by Gasteiger charge is 2.37. The molecule has 5 rings (SSSR count). The zero-order valence-electron chi connectivity index (χ0n) is 21.7. The Morgan fingerprint density at radius 3 is 2.65 bits per heavy atom. The van der Waals surface area contributed by atoms with Crippen LogP contribution in [0.1, 0.15) is 56.6 Å². The van der Waals surface area contributed by atoms with Crippen molar-refractivity contribution < 1.29 is 17.9 Å². The summed E-state index contributed by atoms with van der Waals surface area (Å²) in [5.74, 6) is -0.170. The summed E-state index contributed by atoms with van der Waals surface area (Å²) in [6.07, 6.45) is 3.16. The largest absolute Gasteiger partial charge is 0.376 e. The number of hydrogen-bond donors (Lipinski definition) is 0. The Balaban J connectivity index is 1.44. The molecule has 3 aromatic rings. The third-order valence-corrected chi connectivity index (χ3v) is 10.3. The number of carbonyl (C=O) groups excluding carboxylic acids is 1. The Morgan fingerprint density at radius 1 is 1.16 bits per heavy atom. The van der Waals surface area contributed by atoms with Crippen LogP contribution in [0.5, 0.6) is 0 Å². The maximum atomic E-state index is 14.1. The van der Waals surface area contributed by atoms with E-state index in [1.165, 1.54) is 15.6 Å². The van der Waals surface area contributed by atoms with Crippen molar-refractivity contribution in [1.29, 1.82) is 0 Å². The van der Waals surface area contributed by atoms with Crippen LogP contribution in [0, 0.1) is 12.8 Å². The minimum absolute atomic E-state index is 0.0310. The minimum atomic E-state index is -3.67. The van der Waals surface area contributed by atoms with Crippen LogP contribution in [0.25, 0.3) is 10.2 Å². The molecule has 0 N–H and O–H groups in total. The van der Waals surface area contributed by atoms with E-state index in [1.54, 1.807) is 29.2 Å². The lowest BCUT2D eigenvalue weighted by molar-refractivity contribution is -0.123. The second-order valence-electron chi connectivity index (χ2n) is 10.4. The Labute approximate surface area is 223 Å². The summed E-state index contributed by atoms with van der Waals surface area (Å²) in [5.41, 5.74) is 3.11. The molecule has 37 heavy (non-hydrogen) atoms. The summed E-state index contributed by atoms with van der Waals surface area (Å²) in [6.45, 7) is 7.97. The number of amides is 1. The first-order valence-electron chi connectivity index (χ1n) is 13.1. The molecule has 0 aliphatic carbocycles. The van der Waals surface area contributed by atoms with Crippen LogP contribution < -0.4 is 4.90 Å². The van der Waals surface area contributed by atoms with Crippen LogP contribution >= 0.6 is 11.3 Å². The molecular formula is C28H35N3O4S2. The quantitative estimate of drug-likeness (QED) is 0.403.